The van der Waals surface area contributed by atoms with Gasteiger partial charge in [-0.2, -0.15) is 0 Å². The number of carbonyl (C=O) groups is 2. The Morgan fingerprint density at radius 1 is 1.43 bits per heavy atom. The summed E-state index contributed by atoms with van der Waals surface area (Å²) in [6, 6.07) is 5.44. The lowest BCUT2D eigenvalue weighted by atomic mass is 10.1. The minimum Gasteiger partial charge on any atom is -0.496 e. The minimum atomic E-state index is -0.235. The second kappa shape index (κ2) is 6.66. The summed E-state index contributed by atoms with van der Waals surface area (Å²) in [5.41, 5.74) is 0.765. The van der Waals surface area contributed by atoms with E-state index in [1.807, 2.05) is 32.0 Å². The van der Waals surface area contributed by atoms with Crippen molar-refractivity contribution in [3.8, 4) is 5.75 Å². The van der Waals surface area contributed by atoms with Gasteiger partial charge in [0, 0.05) is 16.1 Å². The minimum absolute atomic E-state index is 0.0900. The van der Waals surface area contributed by atoms with Crippen molar-refractivity contribution in [3.05, 3.63) is 33.1 Å². The standard InChI is InChI=1S/C15H16BrNO3S/c1-4-9(2)17-14(18)13(21-15(17)19)8-10-7-11(16)5-6-12(10)20-3/h5-9H,4H2,1-3H3/b13-8+/t9-/m1/s1. The van der Waals surface area contributed by atoms with E-state index in [1.54, 1.807) is 13.2 Å². The van der Waals surface area contributed by atoms with Crippen molar-refractivity contribution in [1.82, 2.24) is 4.90 Å². The SMILES string of the molecule is CC[C@@H](C)N1C(=O)S/C(=C/c2cc(Br)ccc2OC)C1=O. The lowest BCUT2D eigenvalue weighted by Gasteiger charge is -2.19. The summed E-state index contributed by atoms with van der Waals surface area (Å²) in [5, 5.41) is -0.213. The van der Waals surface area contributed by atoms with Crippen LogP contribution in [0, 0.1) is 0 Å². The van der Waals surface area contributed by atoms with Crippen LogP contribution in [0.15, 0.2) is 27.6 Å². The van der Waals surface area contributed by atoms with E-state index in [-0.39, 0.29) is 17.2 Å². The maximum Gasteiger partial charge on any atom is 0.293 e. The van der Waals surface area contributed by atoms with Gasteiger partial charge < -0.3 is 4.74 Å². The summed E-state index contributed by atoms with van der Waals surface area (Å²) in [5.74, 6) is 0.426. The van der Waals surface area contributed by atoms with Crippen molar-refractivity contribution in [2.75, 3.05) is 7.11 Å². The fraction of sp³-hybridized carbons (Fsp3) is 0.333. The molecule has 0 radical (unpaired) electrons. The predicted octanol–water partition coefficient (Wildman–Crippen LogP) is 4.29. The van der Waals surface area contributed by atoms with E-state index in [4.69, 9.17) is 4.74 Å². The zero-order valence-corrected chi connectivity index (χ0v) is 14.5. The van der Waals surface area contributed by atoms with Crippen LogP contribution in [0.3, 0.4) is 0 Å². The van der Waals surface area contributed by atoms with Crippen molar-refractivity contribution < 1.29 is 14.3 Å². The molecule has 0 N–H and O–H groups in total. The van der Waals surface area contributed by atoms with Crippen LogP contribution >= 0.6 is 27.7 Å². The van der Waals surface area contributed by atoms with Crippen molar-refractivity contribution in [2.45, 2.75) is 26.3 Å². The summed E-state index contributed by atoms with van der Waals surface area (Å²) < 4.78 is 6.17. The van der Waals surface area contributed by atoms with E-state index >= 15 is 0 Å². The molecule has 1 fully saturated rings. The number of amides is 2. The van der Waals surface area contributed by atoms with Crippen LogP contribution in [0.5, 0.6) is 5.75 Å². The van der Waals surface area contributed by atoms with Gasteiger partial charge in [-0.25, -0.2) is 0 Å². The van der Waals surface area contributed by atoms with E-state index in [9.17, 15) is 9.59 Å². The smallest absolute Gasteiger partial charge is 0.293 e. The van der Waals surface area contributed by atoms with Gasteiger partial charge >= 0.3 is 0 Å². The zero-order chi connectivity index (χ0) is 15.6. The van der Waals surface area contributed by atoms with Crippen LogP contribution in [-0.2, 0) is 4.79 Å². The Labute approximate surface area is 136 Å². The number of nitrogens with zero attached hydrogens (tertiary/aromatic N) is 1. The van der Waals surface area contributed by atoms with Crippen molar-refractivity contribution >= 4 is 44.9 Å². The first kappa shape index (κ1) is 16.1. The number of carbonyl (C=O) groups excluding carboxylic acids is 2. The fourth-order valence-corrected chi connectivity index (χ4v) is 3.30. The highest BCUT2D eigenvalue weighted by Gasteiger charge is 2.37. The molecule has 0 unspecified atom stereocenters. The number of benzene rings is 1. The highest BCUT2D eigenvalue weighted by Crippen LogP contribution is 2.36. The Kier molecular flexibility index (Phi) is 5.11. The van der Waals surface area contributed by atoms with E-state index in [0.29, 0.717) is 10.7 Å². The Balaban J connectivity index is 2.37. The maximum absolute atomic E-state index is 12.4. The monoisotopic (exact) mass is 369 g/mol. The number of imide groups is 1. The number of rotatable bonds is 4. The van der Waals surface area contributed by atoms with Crippen molar-refractivity contribution in [2.24, 2.45) is 0 Å². The van der Waals surface area contributed by atoms with Crippen LogP contribution in [0.1, 0.15) is 25.8 Å². The zero-order valence-electron chi connectivity index (χ0n) is 12.1. The van der Waals surface area contributed by atoms with E-state index in [1.165, 1.54) is 4.90 Å². The van der Waals surface area contributed by atoms with Gasteiger partial charge in [-0.3, -0.25) is 14.5 Å². The van der Waals surface area contributed by atoms with Gasteiger partial charge in [-0.15, -0.1) is 0 Å². The number of hydrogen-bond acceptors (Lipinski definition) is 4. The molecule has 1 atom stereocenters. The van der Waals surface area contributed by atoms with E-state index in [2.05, 4.69) is 15.9 Å². The Morgan fingerprint density at radius 2 is 2.14 bits per heavy atom. The molecule has 0 bridgehead atoms. The lowest BCUT2D eigenvalue weighted by Crippen LogP contribution is -2.36. The molecule has 1 aromatic rings. The van der Waals surface area contributed by atoms with Gasteiger partial charge in [-0.05, 0) is 49.4 Å². The average molecular weight is 370 g/mol. The summed E-state index contributed by atoms with van der Waals surface area (Å²) in [6.07, 6.45) is 2.45. The Hall–Kier alpha value is -1.27. The normalized spacial score (nSPS) is 18.5. The Morgan fingerprint density at radius 3 is 2.76 bits per heavy atom. The topological polar surface area (TPSA) is 46.6 Å². The highest BCUT2D eigenvalue weighted by atomic mass is 79.9. The first-order valence-electron chi connectivity index (χ1n) is 6.58. The molecule has 0 saturated carbocycles. The molecule has 2 amide bonds. The number of methoxy groups -OCH3 is 1. The van der Waals surface area contributed by atoms with Gasteiger partial charge in [0.25, 0.3) is 11.1 Å². The Bertz CT molecular complexity index is 615. The predicted molar refractivity (Wildman–Crippen MR) is 88.3 cm³/mol. The third kappa shape index (κ3) is 3.32. The highest BCUT2D eigenvalue weighted by molar-refractivity contribution is 9.10. The lowest BCUT2D eigenvalue weighted by molar-refractivity contribution is -0.124. The molecule has 21 heavy (non-hydrogen) atoms. The fourth-order valence-electron chi connectivity index (χ4n) is 2.00. The third-order valence-corrected chi connectivity index (χ3v) is 4.71. The summed E-state index contributed by atoms with van der Waals surface area (Å²) in [7, 11) is 1.57. The van der Waals surface area contributed by atoms with Gasteiger partial charge in [0.05, 0.1) is 12.0 Å². The molecule has 1 heterocycles. The van der Waals surface area contributed by atoms with Gasteiger partial charge in [0.15, 0.2) is 0 Å². The quantitative estimate of drug-likeness (QED) is 0.742. The molecule has 1 aliphatic heterocycles. The van der Waals surface area contributed by atoms with Crippen LogP contribution in [0.2, 0.25) is 0 Å². The average Bonchev–Trinajstić information content (AvgIpc) is 2.73. The van der Waals surface area contributed by atoms with Crippen LogP contribution in [-0.4, -0.2) is 29.2 Å². The molecule has 112 valence electrons. The number of thioether (sulfide) groups is 1. The molecule has 1 saturated heterocycles. The second-order valence-electron chi connectivity index (χ2n) is 4.70. The molecular weight excluding hydrogens is 354 g/mol. The van der Waals surface area contributed by atoms with Gasteiger partial charge in [0.1, 0.15) is 5.75 Å². The van der Waals surface area contributed by atoms with Gasteiger partial charge in [0.2, 0.25) is 0 Å². The molecule has 2 rings (SSSR count). The maximum atomic E-state index is 12.4. The van der Waals surface area contributed by atoms with Gasteiger partial charge in [-0.1, -0.05) is 22.9 Å². The first-order valence-corrected chi connectivity index (χ1v) is 8.19. The van der Waals surface area contributed by atoms with E-state index < -0.39 is 0 Å². The molecule has 4 nitrogen and oxygen atoms in total. The summed E-state index contributed by atoms with van der Waals surface area (Å²) in [4.78, 5) is 26.1. The number of halogens is 1. The van der Waals surface area contributed by atoms with Crippen molar-refractivity contribution in [3.63, 3.8) is 0 Å². The summed E-state index contributed by atoms with van der Waals surface area (Å²) in [6.45, 7) is 3.83. The van der Waals surface area contributed by atoms with Crippen molar-refractivity contribution in [1.29, 1.82) is 0 Å². The largest absolute Gasteiger partial charge is 0.496 e. The third-order valence-electron chi connectivity index (χ3n) is 3.33. The molecule has 6 heteroatoms. The summed E-state index contributed by atoms with van der Waals surface area (Å²) >= 11 is 4.37. The molecule has 0 aromatic heterocycles. The van der Waals surface area contributed by atoms with E-state index in [0.717, 1.165) is 28.2 Å². The molecule has 1 aliphatic rings. The van der Waals surface area contributed by atoms with Crippen LogP contribution in [0.4, 0.5) is 4.79 Å². The molecule has 0 spiro atoms. The van der Waals surface area contributed by atoms with Crippen LogP contribution < -0.4 is 4.74 Å². The molecule has 0 aliphatic carbocycles. The first-order chi connectivity index (χ1) is 9.97. The number of hydrogen-bond donors (Lipinski definition) is 0. The van der Waals surface area contributed by atoms with Crippen LogP contribution in [0.25, 0.3) is 6.08 Å². The number of ether oxygens (including phenoxy) is 1. The molecule has 1 aromatic carbocycles. The molecular formula is C15H16BrNO3S. The second-order valence-corrected chi connectivity index (χ2v) is 6.60.